The van der Waals surface area contributed by atoms with Crippen LogP contribution < -0.4 is 11.1 Å². The van der Waals surface area contributed by atoms with Crippen LogP contribution >= 0.6 is 12.4 Å². The summed E-state index contributed by atoms with van der Waals surface area (Å²) in [4.78, 5) is 12.3. The number of hydrogen-bond donors (Lipinski definition) is 2. The number of nitrogens with one attached hydrogen (secondary N) is 1. The highest BCUT2D eigenvalue weighted by atomic mass is 35.5. The largest absolute Gasteiger partial charge is 0.416 e. The van der Waals surface area contributed by atoms with Crippen LogP contribution in [0.1, 0.15) is 37.3 Å². The lowest BCUT2D eigenvalue weighted by Crippen LogP contribution is -2.42. The number of alkyl halides is 3. The van der Waals surface area contributed by atoms with Crippen molar-refractivity contribution >= 4 is 18.3 Å². The average molecular weight is 365 g/mol. The number of carbonyl (C=O) groups excluding carboxylic acids is 1. The van der Waals surface area contributed by atoms with E-state index in [0.717, 1.165) is 31.4 Å². The normalized spacial score (nSPS) is 21.9. The van der Waals surface area contributed by atoms with Crippen LogP contribution in [0.15, 0.2) is 24.3 Å². The highest BCUT2D eigenvalue weighted by molar-refractivity contribution is 5.85. The fourth-order valence-electron chi connectivity index (χ4n) is 3.15. The summed E-state index contributed by atoms with van der Waals surface area (Å²) in [5.74, 6) is -0.190. The fraction of sp³-hybridized carbons (Fsp3) is 0.588. The van der Waals surface area contributed by atoms with Crippen molar-refractivity contribution in [2.45, 2.75) is 44.8 Å². The van der Waals surface area contributed by atoms with Gasteiger partial charge >= 0.3 is 6.18 Å². The average Bonchev–Trinajstić information content (AvgIpc) is 2.93. The maximum absolute atomic E-state index is 12.7. The summed E-state index contributed by atoms with van der Waals surface area (Å²) in [5, 5.41) is 3.00. The van der Waals surface area contributed by atoms with E-state index in [-0.39, 0.29) is 36.7 Å². The molecule has 0 aliphatic heterocycles. The van der Waals surface area contributed by atoms with Crippen molar-refractivity contribution < 1.29 is 18.0 Å². The molecule has 7 heteroatoms. The second-order valence-electron chi connectivity index (χ2n) is 6.35. The minimum absolute atomic E-state index is 0. The summed E-state index contributed by atoms with van der Waals surface area (Å²) >= 11 is 0. The molecule has 1 aromatic rings. The van der Waals surface area contributed by atoms with Gasteiger partial charge < -0.3 is 11.1 Å². The predicted molar refractivity (Wildman–Crippen MR) is 89.9 cm³/mol. The molecule has 1 aliphatic carbocycles. The Hall–Kier alpha value is -1.27. The monoisotopic (exact) mass is 364 g/mol. The highest BCUT2D eigenvalue weighted by Crippen LogP contribution is 2.30. The number of amides is 1. The molecule has 24 heavy (non-hydrogen) atoms. The molecule has 1 saturated carbocycles. The second kappa shape index (κ2) is 8.72. The molecule has 0 saturated heterocycles. The Labute approximate surface area is 146 Å². The summed E-state index contributed by atoms with van der Waals surface area (Å²) in [6.45, 7) is 2.29. The van der Waals surface area contributed by atoms with E-state index < -0.39 is 11.7 Å². The lowest BCUT2D eigenvalue weighted by molar-refractivity contribution is -0.137. The second-order valence-corrected chi connectivity index (χ2v) is 6.35. The number of carbonyl (C=O) groups is 1. The molecule has 1 fully saturated rings. The minimum Gasteiger partial charge on any atom is -0.353 e. The molecule has 0 spiro atoms. The van der Waals surface area contributed by atoms with Gasteiger partial charge in [-0.3, -0.25) is 4.79 Å². The van der Waals surface area contributed by atoms with E-state index in [1.807, 2.05) is 0 Å². The van der Waals surface area contributed by atoms with Crippen molar-refractivity contribution in [1.29, 1.82) is 0 Å². The molecule has 3 atom stereocenters. The first kappa shape index (κ1) is 20.8. The van der Waals surface area contributed by atoms with E-state index in [1.54, 1.807) is 13.0 Å². The van der Waals surface area contributed by atoms with Crippen LogP contribution in [0, 0.1) is 11.8 Å². The molecule has 3 nitrogen and oxygen atoms in total. The predicted octanol–water partition coefficient (Wildman–Crippen LogP) is 3.55. The van der Waals surface area contributed by atoms with Crippen molar-refractivity contribution in [3.63, 3.8) is 0 Å². The third kappa shape index (κ3) is 5.38. The van der Waals surface area contributed by atoms with Crippen molar-refractivity contribution in [3.8, 4) is 0 Å². The zero-order chi connectivity index (χ0) is 17.0. The van der Waals surface area contributed by atoms with Crippen molar-refractivity contribution in [2.75, 3.05) is 6.54 Å². The van der Waals surface area contributed by atoms with Crippen LogP contribution in [-0.2, 0) is 17.4 Å². The molecule has 1 aliphatic rings. The van der Waals surface area contributed by atoms with Gasteiger partial charge in [0.05, 0.1) is 5.56 Å². The molecule has 2 rings (SSSR count). The zero-order valence-electron chi connectivity index (χ0n) is 13.6. The Morgan fingerprint density at radius 1 is 1.38 bits per heavy atom. The summed E-state index contributed by atoms with van der Waals surface area (Å²) in [5.41, 5.74) is 5.54. The van der Waals surface area contributed by atoms with E-state index >= 15 is 0 Å². The van der Waals surface area contributed by atoms with Gasteiger partial charge in [-0.25, -0.2) is 0 Å². The minimum atomic E-state index is -4.36. The quantitative estimate of drug-likeness (QED) is 0.839. The Bertz CT molecular complexity index is 551. The first-order valence-electron chi connectivity index (χ1n) is 7.98. The van der Waals surface area contributed by atoms with E-state index in [9.17, 15) is 18.0 Å². The van der Waals surface area contributed by atoms with Gasteiger partial charge in [0.2, 0.25) is 5.91 Å². The maximum atomic E-state index is 12.7. The van der Waals surface area contributed by atoms with Gasteiger partial charge in [0.25, 0.3) is 0 Å². The van der Waals surface area contributed by atoms with Gasteiger partial charge in [-0.15, -0.1) is 12.4 Å². The molecule has 3 N–H and O–H groups in total. The molecule has 3 unspecified atom stereocenters. The number of halogens is 4. The van der Waals surface area contributed by atoms with Gasteiger partial charge in [0, 0.05) is 12.0 Å². The molecule has 0 heterocycles. The lowest BCUT2D eigenvalue weighted by Gasteiger charge is -2.22. The summed E-state index contributed by atoms with van der Waals surface area (Å²) in [6.07, 6.45) is -1.09. The highest BCUT2D eigenvalue weighted by Gasteiger charge is 2.31. The number of benzene rings is 1. The fourth-order valence-corrected chi connectivity index (χ4v) is 3.15. The SMILES string of the molecule is CC(Cc1cccc(C(F)(F)F)c1)C(=O)NC1CCCC1CN.Cl. The molecular formula is C17H24ClF3N2O. The molecule has 1 aromatic carbocycles. The summed E-state index contributed by atoms with van der Waals surface area (Å²) in [6, 6.07) is 5.25. The van der Waals surface area contributed by atoms with Gasteiger partial charge in [0.15, 0.2) is 0 Å². The maximum Gasteiger partial charge on any atom is 0.416 e. The van der Waals surface area contributed by atoms with Crippen molar-refractivity contribution in [1.82, 2.24) is 5.32 Å². The van der Waals surface area contributed by atoms with Gasteiger partial charge in [0.1, 0.15) is 0 Å². The van der Waals surface area contributed by atoms with E-state index in [2.05, 4.69) is 5.32 Å². The summed E-state index contributed by atoms with van der Waals surface area (Å²) < 4.78 is 38.2. The van der Waals surface area contributed by atoms with E-state index in [0.29, 0.717) is 18.0 Å². The standard InChI is InChI=1S/C17H23F3N2O.ClH/c1-11(16(23)22-15-7-3-5-13(15)10-21)8-12-4-2-6-14(9-12)17(18,19)20;/h2,4,6,9,11,13,15H,3,5,7-8,10,21H2,1H3,(H,22,23);1H. The van der Waals surface area contributed by atoms with E-state index in [4.69, 9.17) is 5.73 Å². The van der Waals surface area contributed by atoms with Crippen molar-refractivity contribution in [2.24, 2.45) is 17.6 Å². The molecule has 0 bridgehead atoms. The molecule has 0 radical (unpaired) electrons. The van der Waals surface area contributed by atoms with Gasteiger partial charge in [-0.2, -0.15) is 13.2 Å². The van der Waals surface area contributed by atoms with Crippen LogP contribution in [0.3, 0.4) is 0 Å². The molecule has 1 amide bonds. The Balaban J connectivity index is 0.00000288. The van der Waals surface area contributed by atoms with Gasteiger partial charge in [-0.05, 0) is 43.4 Å². The molecule has 136 valence electrons. The smallest absolute Gasteiger partial charge is 0.353 e. The first-order valence-corrected chi connectivity index (χ1v) is 7.98. The van der Waals surface area contributed by atoms with E-state index in [1.165, 1.54) is 6.07 Å². The topological polar surface area (TPSA) is 55.1 Å². The third-order valence-electron chi connectivity index (χ3n) is 4.53. The number of rotatable bonds is 5. The van der Waals surface area contributed by atoms with Crippen LogP contribution in [0.25, 0.3) is 0 Å². The lowest BCUT2D eigenvalue weighted by atomic mass is 9.97. The number of hydrogen-bond acceptors (Lipinski definition) is 2. The zero-order valence-corrected chi connectivity index (χ0v) is 14.4. The Kier molecular flexibility index (Phi) is 7.55. The Morgan fingerprint density at radius 2 is 2.08 bits per heavy atom. The van der Waals surface area contributed by atoms with Crippen LogP contribution in [0.4, 0.5) is 13.2 Å². The van der Waals surface area contributed by atoms with Crippen LogP contribution in [0.2, 0.25) is 0 Å². The number of nitrogens with two attached hydrogens (primary N) is 1. The van der Waals surface area contributed by atoms with Gasteiger partial charge in [-0.1, -0.05) is 31.5 Å². The van der Waals surface area contributed by atoms with Crippen LogP contribution in [-0.4, -0.2) is 18.5 Å². The third-order valence-corrected chi connectivity index (χ3v) is 4.53. The molecule has 0 aromatic heterocycles. The Morgan fingerprint density at radius 3 is 2.71 bits per heavy atom. The summed E-state index contributed by atoms with van der Waals surface area (Å²) in [7, 11) is 0. The molecular weight excluding hydrogens is 341 g/mol. The first-order chi connectivity index (χ1) is 10.8. The van der Waals surface area contributed by atoms with Crippen LogP contribution in [0.5, 0.6) is 0 Å². The van der Waals surface area contributed by atoms with Crippen molar-refractivity contribution in [3.05, 3.63) is 35.4 Å².